The second-order valence-corrected chi connectivity index (χ2v) is 17.9. The number of anilines is 2. The summed E-state index contributed by atoms with van der Waals surface area (Å²) >= 11 is 0. The number of piperazine rings is 1. The van der Waals surface area contributed by atoms with Crippen molar-refractivity contribution in [2.45, 2.75) is 107 Å². The maximum absolute atomic E-state index is 12.3. The zero-order valence-electron chi connectivity index (χ0n) is 35.0. The molecule has 13 heteroatoms. The van der Waals surface area contributed by atoms with Gasteiger partial charge in [0.25, 0.3) is 0 Å². The number of aromatic nitrogens is 4. The Kier molecular flexibility index (Phi) is 12.0. The maximum Gasteiger partial charge on any atom is 0.234 e. The molecule has 1 aliphatic carbocycles. The fourth-order valence-corrected chi connectivity index (χ4v) is 10.6. The van der Waals surface area contributed by atoms with Crippen LogP contribution in [0.2, 0.25) is 0 Å². The molecule has 13 nitrogen and oxygen atoms in total. The van der Waals surface area contributed by atoms with Gasteiger partial charge in [0, 0.05) is 93.2 Å². The highest BCUT2D eigenvalue weighted by molar-refractivity contribution is 6.01. The van der Waals surface area contributed by atoms with E-state index in [0.717, 1.165) is 98.8 Å². The van der Waals surface area contributed by atoms with Crippen LogP contribution in [0.3, 0.4) is 0 Å². The molecule has 4 aromatic rings. The molecule has 59 heavy (non-hydrogen) atoms. The molecule has 5 fully saturated rings. The number of rotatable bonds is 11. The standard InChI is InChI=1S/C46H62N10O3/c1-51(2)46(59)41-29-33-30-48-42(49-44(33)56(41)38-5-3-4-6-38)15-10-34-9-13-39(31-47-34)55-27-25-54(26-28-55)37-19-23-53(24-20-37)36-17-21-52(22-18-36)35-11-7-32(8-12-35)40-14-16-43(57)50-45(40)58/h7-9,11-13,29-31,36-38,40,46,59H,3-6,10,14-28H2,1-2H3,(H,50,57,58). The fraction of sp³-hybridized carbons (Fsp3) is 0.587. The lowest BCUT2D eigenvalue weighted by Gasteiger charge is -2.46. The van der Waals surface area contributed by atoms with Gasteiger partial charge in [-0.2, -0.15) is 0 Å². The number of carbonyl (C=O) groups is 2. The number of pyridine rings is 1. The van der Waals surface area contributed by atoms with Gasteiger partial charge in [-0.15, -0.1) is 0 Å². The first kappa shape index (κ1) is 40.0. The highest BCUT2D eigenvalue weighted by Gasteiger charge is 2.33. The molecular formula is C46H62N10O3. The van der Waals surface area contributed by atoms with Crippen LogP contribution in [0.4, 0.5) is 11.4 Å². The zero-order valence-corrected chi connectivity index (χ0v) is 35.0. The van der Waals surface area contributed by atoms with Gasteiger partial charge in [-0.25, -0.2) is 9.97 Å². The largest absolute Gasteiger partial charge is 0.373 e. The fourth-order valence-electron chi connectivity index (χ4n) is 10.6. The minimum atomic E-state index is -0.674. The third-order valence-electron chi connectivity index (χ3n) is 14.1. The Morgan fingerprint density at radius 1 is 0.729 bits per heavy atom. The van der Waals surface area contributed by atoms with Crippen LogP contribution in [0, 0.1) is 0 Å². The van der Waals surface area contributed by atoms with Crippen molar-refractivity contribution in [1.82, 2.24) is 39.5 Å². The maximum atomic E-state index is 12.3. The monoisotopic (exact) mass is 803 g/mol. The molecule has 7 heterocycles. The summed E-state index contributed by atoms with van der Waals surface area (Å²) in [6.07, 6.45) is 15.4. The number of likely N-dealkylation sites (tertiary alicyclic amines) is 1. The number of piperidine rings is 3. The number of hydrogen-bond donors (Lipinski definition) is 2. The van der Waals surface area contributed by atoms with E-state index >= 15 is 0 Å². The minimum absolute atomic E-state index is 0.165. The van der Waals surface area contributed by atoms with E-state index in [2.05, 4.69) is 78.1 Å². The number of aliphatic hydroxyl groups is 1. The predicted molar refractivity (Wildman–Crippen MR) is 231 cm³/mol. The Balaban J connectivity index is 0.712. The molecule has 1 saturated carbocycles. The zero-order chi connectivity index (χ0) is 40.5. The smallest absolute Gasteiger partial charge is 0.234 e. The third-order valence-corrected chi connectivity index (χ3v) is 14.1. The van der Waals surface area contributed by atoms with Crippen LogP contribution in [-0.2, 0) is 22.4 Å². The number of carbonyl (C=O) groups excluding carboxylic acids is 2. The quantitative estimate of drug-likeness (QED) is 0.156. The number of nitrogens with one attached hydrogen (secondary N) is 1. The number of fused-ring (bicyclic) bond motifs is 1. The van der Waals surface area contributed by atoms with Crippen molar-refractivity contribution in [3.05, 3.63) is 77.6 Å². The molecule has 3 aromatic heterocycles. The summed E-state index contributed by atoms with van der Waals surface area (Å²) in [7, 11) is 3.82. The van der Waals surface area contributed by atoms with E-state index in [1.54, 1.807) is 0 Å². The SMILES string of the molecule is CN(C)C(O)c1cc2cnc(CCc3ccc(N4CCN(C5CCN(C6CCN(c7ccc(C8CCC(=O)NC8=O)cc7)CC6)CC5)CC4)cn3)nc2n1C1CCCC1. The van der Waals surface area contributed by atoms with Gasteiger partial charge >= 0.3 is 0 Å². The van der Waals surface area contributed by atoms with Crippen molar-refractivity contribution in [2.75, 3.05) is 76.3 Å². The van der Waals surface area contributed by atoms with E-state index in [0.29, 0.717) is 31.0 Å². The number of imide groups is 1. The van der Waals surface area contributed by atoms with Crippen LogP contribution in [0.1, 0.15) is 105 Å². The van der Waals surface area contributed by atoms with Gasteiger partial charge in [-0.05, 0) is 114 Å². The molecule has 2 atom stereocenters. The summed E-state index contributed by atoms with van der Waals surface area (Å²) in [6, 6.07) is 16.6. The van der Waals surface area contributed by atoms with Gasteiger partial charge in [0.05, 0.1) is 23.5 Å². The molecule has 2 amide bonds. The lowest BCUT2D eigenvalue weighted by Crippen LogP contribution is -2.55. The van der Waals surface area contributed by atoms with Gasteiger partial charge in [0.2, 0.25) is 11.8 Å². The van der Waals surface area contributed by atoms with Crippen LogP contribution in [-0.4, -0.2) is 130 Å². The lowest BCUT2D eigenvalue weighted by molar-refractivity contribution is -0.134. The third kappa shape index (κ3) is 8.75. The minimum Gasteiger partial charge on any atom is -0.373 e. The summed E-state index contributed by atoms with van der Waals surface area (Å²) in [5, 5.41) is 14.5. The van der Waals surface area contributed by atoms with Gasteiger partial charge in [0.15, 0.2) is 0 Å². The molecule has 314 valence electrons. The van der Waals surface area contributed by atoms with E-state index in [9.17, 15) is 14.7 Å². The second-order valence-electron chi connectivity index (χ2n) is 17.9. The molecule has 4 saturated heterocycles. The number of aliphatic hydroxyl groups excluding tert-OH is 1. The molecule has 0 bridgehead atoms. The Morgan fingerprint density at radius 3 is 2.05 bits per heavy atom. The molecule has 2 N–H and O–H groups in total. The molecule has 0 spiro atoms. The van der Waals surface area contributed by atoms with E-state index in [1.807, 2.05) is 25.2 Å². The molecule has 9 rings (SSSR count). The van der Waals surface area contributed by atoms with Gasteiger partial charge in [0.1, 0.15) is 17.7 Å². The first-order chi connectivity index (χ1) is 28.8. The summed E-state index contributed by atoms with van der Waals surface area (Å²) in [5.41, 5.74) is 6.35. The summed E-state index contributed by atoms with van der Waals surface area (Å²) in [6.45, 7) is 8.77. The van der Waals surface area contributed by atoms with Crippen molar-refractivity contribution in [3.63, 3.8) is 0 Å². The van der Waals surface area contributed by atoms with Crippen LogP contribution in [0.25, 0.3) is 11.0 Å². The van der Waals surface area contributed by atoms with E-state index in [1.165, 1.54) is 63.0 Å². The van der Waals surface area contributed by atoms with Crippen LogP contribution < -0.4 is 15.1 Å². The van der Waals surface area contributed by atoms with E-state index in [4.69, 9.17) is 15.0 Å². The van der Waals surface area contributed by atoms with Gasteiger partial charge in [-0.3, -0.25) is 29.7 Å². The highest BCUT2D eigenvalue weighted by Crippen LogP contribution is 2.37. The number of amides is 2. The normalized spacial score (nSPS) is 22.8. The molecule has 2 unspecified atom stereocenters. The van der Waals surface area contributed by atoms with Crippen LogP contribution in [0.15, 0.2) is 54.9 Å². The molecule has 5 aliphatic rings. The van der Waals surface area contributed by atoms with Crippen molar-refractivity contribution in [3.8, 4) is 0 Å². The Labute approximate surface area is 348 Å². The number of hydrogen-bond acceptors (Lipinski definition) is 11. The van der Waals surface area contributed by atoms with E-state index in [-0.39, 0.29) is 17.7 Å². The van der Waals surface area contributed by atoms with Crippen molar-refractivity contribution >= 4 is 34.2 Å². The molecule has 4 aliphatic heterocycles. The number of nitrogens with zero attached hydrogens (tertiary/aromatic N) is 9. The second kappa shape index (κ2) is 17.7. The average molecular weight is 803 g/mol. The molecular weight excluding hydrogens is 741 g/mol. The number of aryl methyl sites for hydroxylation is 2. The van der Waals surface area contributed by atoms with Crippen LogP contribution in [0.5, 0.6) is 0 Å². The highest BCUT2D eigenvalue weighted by atomic mass is 16.3. The van der Waals surface area contributed by atoms with Gasteiger partial charge < -0.3 is 24.4 Å². The Morgan fingerprint density at radius 2 is 1.39 bits per heavy atom. The Bertz CT molecular complexity index is 2060. The van der Waals surface area contributed by atoms with Crippen LogP contribution >= 0.6 is 0 Å². The predicted octanol–water partition coefficient (Wildman–Crippen LogP) is 5.05. The lowest BCUT2D eigenvalue weighted by atomic mass is 9.90. The summed E-state index contributed by atoms with van der Waals surface area (Å²) < 4.78 is 2.29. The number of benzene rings is 1. The average Bonchev–Trinajstić information content (AvgIpc) is 3.94. The molecule has 0 radical (unpaired) electrons. The molecule has 1 aromatic carbocycles. The first-order valence-corrected chi connectivity index (χ1v) is 22.3. The summed E-state index contributed by atoms with van der Waals surface area (Å²) in [4.78, 5) is 50.9. The Hall–Kier alpha value is -4.43. The van der Waals surface area contributed by atoms with Gasteiger partial charge in [-0.1, -0.05) is 25.0 Å². The van der Waals surface area contributed by atoms with Crippen molar-refractivity contribution < 1.29 is 14.7 Å². The van der Waals surface area contributed by atoms with Crippen molar-refractivity contribution in [2.24, 2.45) is 0 Å². The summed E-state index contributed by atoms with van der Waals surface area (Å²) in [5.74, 6) is 0.265. The topological polar surface area (TPSA) is 126 Å². The first-order valence-electron chi connectivity index (χ1n) is 22.3. The van der Waals surface area contributed by atoms with E-state index < -0.39 is 6.23 Å². The van der Waals surface area contributed by atoms with Crippen molar-refractivity contribution in [1.29, 1.82) is 0 Å².